The van der Waals surface area contributed by atoms with Gasteiger partial charge in [0.15, 0.2) is 0 Å². The number of Topliss-reactive ketones (excluding diaryl/α,β-unsaturated/α-hetero) is 1. The highest BCUT2D eigenvalue weighted by Gasteiger charge is 2.12. The van der Waals surface area contributed by atoms with Crippen molar-refractivity contribution in [2.45, 2.75) is 0 Å². The lowest BCUT2D eigenvalue weighted by atomic mass is 10.1. The van der Waals surface area contributed by atoms with Gasteiger partial charge in [-0.2, -0.15) is 0 Å². The van der Waals surface area contributed by atoms with Crippen LogP contribution >= 0.6 is 0 Å². The fourth-order valence-corrected chi connectivity index (χ4v) is 1.22. The summed E-state index contributed by atoms with van der Waals surface area (Å²) in [5.74, 6) is -1.65. The molecule has 0 aliphatic rings. The van der Waals surface area contributed by atoms with Crippen molar-refractivity contribution in [3.63, 3.8) is 0 Å². The number of primary amides is 1. The Morgan fingerprint density at radius 2 is 2.14 bits per heavy atom. The van der Waals surface area contributed by atoms with E-state index in [4.69, 9.17) is 5.73 Å². The van der Waals surface area contributed by atoms with Crippen LogP contribution in [-0.4, -0.2) is 21.7 Å². The highest BCUT2D eigenvalue weighted by Crippen LogP contribution is 2.11. The van der Waals surface area contributed by atoms with Gasteiger partial charge in [0.25, 0.3) is 5.91 Å². The summed E-state index contributed by atoms with van der Waals surface area (Å²) in [6.45, 7) is 0. The Bertz CT molecular complexity index is 516. The number of carbonyl (C=O) groups is 2. The number of nitrogens with zero attached hydrogens (tertiary/aromatic N) is 1. The summed E-state index contributed by atoms with van der Waals surface area (Å²) in [4.78, 5) is 28.6. The minimum Gasteiger partial charge on any atom is -0.363 e. The fourth-order valence-electron chi connectivity index (χ4n) is 1.22. The highest BCUT2D eigenvalue weighted by molar-refractivity contribution is 6.42. The van der Waals surface area contributed by atoms with Crippen LogP contribution in [0.25, 0.3) is 11.0 Å². The van der Waals surface area contributed by atoms with E-state index in [0.717, 1.165) is 5.52 Å². The Morgan fingerprint density at radius 1 is 1.36 bits per heavy atom. The van der Waals surface area contributed by atoms with Gasteiger partial charge in [-0.05, 0) is 18.2 Å². The molecule has 70 valence electrons. The molecule has 0 spiro atoms. The van der Waals surface area contributed by atoms with E-state index in [1.165, 1.54) is 12.4 Å². The predicted molar refractivity (Wildman–Crippen MR) is 49.6 cm³/mol. The number of rotatable bonds is 2. The van der Waals surface area contributed by atoms with Crippen molar-refractivity contribution in [1.29, 1.82) is 0 Å². The maximum Gasteiger partial charge on any atom is 0.289 e. The van der Waals surface area contributed by atoms with E-state index in [9.17, 15) is 9.59 Å². The molecule has 5 nitrogen and oxygen atoms in total. The zero-order chi connectivity index (χ0) is 10.1. The molecule has 0 aliphatic heterocycles. The molecular formula is C9H7N3O2. The smallest absolute Gasteiger partial charge is 0.289 e. The molecule has 3 N–H and O–H groups in total. The lowest BCUT2D eigenvalue weighted by Crippen LogP contribution is -2.22. The monoisotopic (exact) mass is 189 g/mol. The van der Waals surface area contributed by atoms with E-state index in [0.29, 0.717) is 5.52 Å². The Balaban J connectivity index is 2.54. The molecule has 1 heterocycles. The molecule has 0 saturated carbocycles. The molecule has 2 aromatic rings. The summed E-state index contributed by atoms with van der Waals surface area (Å²) in [5, 5.41) is 0. The molecular weight excluding hydrogens is 182 g/mol. The maximum absolute atomic E-state index is 11.2. The normalized spacial score (nSPS) is 10.3. The van der Waals surface area contributed by atoms with Crippen LogP contribution in [0.3, 0.4) is 0 Å². The van der Waals surface area contributed by atoms with Gasteiger partial charge in [0.2, 0.25) is 5.78 Å². The third-order valence-corrected chi connectivity index (χ3v) is 1.91. The highest BCUT2D eigenvalue weighted by atomic mass is 16.2. The second-order valence-electron chi connectivity index (χ2n) is 2.83. The van der Waals surface area contributed by atoms with Gasteiger partial charge in [0.1, 0.15) is 0 Å². The molecule has 0 unspecified atom stereocenters. The van der Waals surface area contributed by atoms with Gasteiger partial charge in [-0.15, -0.1) is 0 Å². The average Bonchev–Trinajstić information content (AvgIpc) is 2.62. The van der Waals surface area contributed by atoms with Crippen LogP contribution in [0.15, 0.2) is 24.5 Å². The average molecular weight is 189 g/mol. The van der Waals surface area contributed by atoms with E-state index in [-0.39, 0.29) is 5.56 Å². The van der Waals surface area contributed by atoms with Crippen molar-refractivity contribution in [3.8, 4) is 0 Å². The lowest BCUT2D eigenvalue weighted by molar-refractivity contribution is -0.114. The first-order chi connectivity index (χ1) is 6.68. The summed E-state index contributed by atoms with van der Waals surface area (Å²) in [6.07, 6.45) is 1.52. The van der Waals surface area contributed by atoms with Crippen molar-refractivity contribution in [3.05, 3.63) is 30.1 Å². The first-order valence-electron chi connectivity index (χ1n) is 3.96. The molecule has 0 radical (unpaired) electrons. The van der Waals surface area contributed by atoms with Crippen molar-refractivity contribution >= 4 is 22.7 Å². The number of nitrogens with one attached hydrogen (secondary N) is 1. The number of benzene rings is 1. The van der Waals surface area contributed by atoms with Crippen molar-refractivity contribution in [2.75, 3.05) is 0 Å². The third-order valence-electron chi connectivity index (χ3n) is 1.91. The van der Waals surface area contributed by atoms with Crippen LogP contribution in [0.1, 0.15) is 10.4 Å². The number of imidazole rings is 1. The molecule has 0 saturated heterocycles. The molecule has 0 atom stereocenters. The quantitative estimate of drug-likeness (QED) is 0.523. The number of hydrogen-bond donors (Lipinski definition) is 2. The largest absolute Gasteiger partial charge is 0.363 e. The fraction of sp³-hybridized carbons (Fsp3) is 0. The second kappa shape index (κ2) is 2.95. The number of amides is 1. The lowest BCUT2D eigenvalue weighted by Gasteiger charge is -1.95. The first kappa shape index (κ1) is 8.43. The number of carbonyl (C=O) groups excluding carboxylic acids is 2. The number of fused-ring (bicyclic) bond motifs is 1. The van der Waals surface area contributed by atoms with Gasteiger partial charge in [-0.3, -0.25) is 9.59 Å². The van der Waals surface area contributed by atoms with Crippen LogP contribution in [0.4, 0.5) is 0 Å². The van der Waals surface area contributed by atoms with Gasteiger partial charge in [0, 0.05) is 5.56 Å². The molecule has 1 amide bonds. The number of H-pyrrole nitrogens is 1. The van der Waals surface area contributed by atoms with Crippen LogP contribution < -0.4 is 5.73 Å². The van der Waals surface area contributed by atoms with E-state index >= 15 is 0 Å². The van der Waals surface area contributed by atoms with Crippen LogP contribution in [0, 0.1) is 0 Å². The van der Waals surface area contributed by atoms with E-state index < -0.39 is 11.7 Å². The Hall–Kier alpha value is -2.17. The second-order valence-corrected chi connectivity index (χ2v) is 2.83. The minimum atomic E-state index is -0.955. The van der Waals surface area contributed by atoms with E-state index in [1.54, 1.807) is 12.1 Å². The molecule has 1 aromatic heterocycles. The van der Waals surface area contributed by atoms with E-state index in [2.05, 4.69) is 9.97 Å². The zero-order valence-corrected chi connectivity index (χ0v) is 7.15. The summed E-state index contributed by atoms with van der Waals surface area (Å²) >= 11 is 0. The van der Waals surface area contributed by atoms with Crippen LogP contribution in [0.2, 0.25) is 0 Å². The third kappa shape index (κ3) is 1.24. The summed E-state index contributed by atoms with van der Waals surface area (Å²) in [7, 11) is 0. The molecule has 1 aromatic carbocycles. The SMILES string of the molecule is NC(=O)C(=O)c1ccc2nc[nH]c2c1. The number of aromatic nitrogens is 2. The maximum atomic E-state index is 11.2. The number of ketones is 1. The van der Waals surface area contributed by atoms with Crippen molar-refractivity contribution in [1.82, 2.24) is 9.97 Å². The van der Waals surface area contributed by atoms with Gasteiger partial charge in [-0.1, -0.05) is 0 Å². The topological polar surface area (TPSA) is 88.8 Å². The Labute approximate surface area is 78.9 Å². The number of nitrogens with two attached hydrogens (primary N) is 1. The van der Waals surface area contributed by atoms with Crippen LogP contribution in [-0.2, 0) is 4.79 Å². The predicted octanol–water partition coefficient (Wildman–Crippen LogP) is 0.231. The molecule has 0 aliphatic carbocycles. The summed E-state index contributed by atoms with van der Waals surface area (Å²) in [6, 6.07) is 4.73. The number of hydrogen-bond acceptors (Lipinski definition) is 3. The van der Waals surface area contributed by atoms with Crippen molar-refractivity contribution < 1.29 is 9.59 Å². The Kier molecular flexibility index (Phi) is 1.78. The number of aromatic amines is 1. The molecule has 0 fully saturated rings. The standard InChI is InChI=1S/C9H7N3O2/c10-9(14)8(13)5-1-2-6-7(3-5)12-4-11-6/h1-4H,(H2,10,14)(H,11,12). The van der Waals surface area contributed by atoms with Gasteiger partial charge >= 0.3 is 0 Å². The molecule has 0 bridgehead atoms. The summed E-state index contributed by atoms with van der Waals surface area (Å²) in [5.41, 5.74) is 6.59. The molecule has 5 heteroatoms. The van der Waals surface area contributed by atoms with Crippen molar-refractivity contribution in [2.24, 2.45) is 5.73 Å². The van der Waals surface area contributed by atoms with Gasteiger partial charge < -0.3 is 10.7 Å². The van der Waals surface area contributed by atoms with Gasteiger partial charge in [-0.25, -0.2) is 4.98 Å². The summed E-state index contributed by atoms with van der Waals surface area (Å²) < 4.78 is 0. The Morgan fingerprint density at radius 3 is 2.86 bits per heavy atom. The van der Waals surface area contributed by atoms with Crippen LogP contribution in [0.5, 0.6) is 0 Å². The minimum absolute atomic E-state index is 0.272. The molecule has 2 rings (SSSR count). The molecule has 14 heavy (non-hydrogen) atoms. The van der Waals surface area contributed by atoms with Gasteiger partial charge in [0.05, 0.1) is 17.4 Å². The first-order valence-corrected chi connectivity index (χ1v) is 3.96. The van der Waals surface area contributed by atoms with E-state index in [1.807, 2.05) is 0 Å². The zero-order valence-electron chi connectivity index (χ0n) is 7.15.